The Bertz CT molecular complexity index is 1760. The zero-order valence-electron chi connectivity index (χ0n) is 22.1. The highest BCUT2D eigenvalue weighted by Crippen LogP contribution is 2.43. The van der Waals surface area contributed by atoms with Crippen molar-refractivity contribution in [3.05, 3.63) is 80.6 Å². The van der Waals surface area contributed by atoms with Gasteiger partial charge in [-0.05, 0) is 41.8 Å². The number of pyridine rings is 2. The molecule has 0 radical (unpaired) electrons. The third kappa shape index (κ3) is 3.60. The van der Waals surface area contributed by atoms with Crippen LogP contribution < -0.4 is 25.1 Å². The molecule has 3 aliphatic rings. The predicted octanol–water partition coefficient (Wildman–Crippen LogP) is 3.11. The number of nitrogens with one attached hydrogen (secondary N) is 1. The number of hydrogen-bond acceptors (Lipinski definition) is 9. The van der Waals surface area contributed by atoms with Crippen LogP contribution in [-0.4, -0.2) is 34.5 Å². The Kier molecular flexibility index (Phi) is 5.58. The molecule has 2 aromatic carbocycles. The molecule has 3 aliphatic heterocycles. The molecular weight excluding hydrogens is 514 g/mol. The van der Waals surface area contributed by atoms with Gasteiger partial charge in [0.1, 0.15) is 12.4 Å². The lowest BCUT2D eigenvalue weighted by Gasteiger charge is -2.31. The summed E-state index contributed by atoms with van der Waals surface area (Å²) < 4.78 is 23.4. The first-order valence-corrected chi connectivity index (χ1v) is 13.2. The van der Waals surface area contributed by atoms with Crippen LogP contribution in [0.2, 0.25) is 0 Å². The molecule has 0 spiro atoms. The highest BCUT2D eigenvalue weighted by molar-refractivity contribution is 5.91. The highest BCUT2D eigenvalue weighted by Gasteiger charge is 2.45. The maximum Gasteiger partial charge on any atom is 0.343 e. The molecule has 0 unspecified atom stereocenters. The Balaban J connectivity index is 1.35. The molecule has 10 nitrogen and oxygen atoms in total. The van der Waals surface area contributed by atoms with Gasteiger partial charge in [-0.15, -0.1) is 0 Å². The number of benzene rings is 2. The maximum atomic E-state index is 13.7. The standard InChI is InChI=1S/C30H27N3O7/c1-3-30(36)22-9-24-27-20(13-33(24)28(34)21(22)14-38-29(30)35)19(12-31-11-16-4-6-17(37-2)7-5-16)18-8-25-26(40-15-39-25)10-23(18)32-27/h4-10,31,36H,3,11-15H2,1-2H3/t30-/m0/s1. The van der Waals surface area contributed by atoms with Crippen LogP contribution in [0.15, 0.2) is 47.3 Å². The Morgan fingerprint density at radius 2 is 1.82 bits per heavy atom. The molecule has 0 saturated carbocycles. The summed E-state index contributed by atoms with van der Waals surface area (Å²) in [6.45, 7) is 3.11. The number of esters is 1. The number of ether oxygens (including phenoxy) is 4. The Morgan fingerprint density at radius 3 is 2.58 bits per heavy atom. The molecule has 0 saturated heterocycles. The molecule has 7 rings (SSSR count). The second kappa shape index (κ2) is 9.07. The zero-order valence-corrected chi connectivity index (χ0v) is 22.1. The summed E-state index contributed by atoms with van der Waals surface area (Å²) >= 11 is 0. The molecule has 10 heteroatoms. The molecule has 0 aliphatic carbocycles. The van der Waals surface area contributed by atoms with Crippen molar-refractivity contribution in [1.82, 2.24) is 14.9 Å². The molecule has 2 N–H and O–H groups in total. The molecule has 40 heavy (non-hydrogen) atoms. The fourth-order valence-corrected chi connectivity index (χ4v) is 5.83. The van der Waals surface area contributed by atoms with E-state index in [-0.39, 0.29) is 25.4 Å². The smallest absolute Gasteiger partial charge is 0.343 e. The zero-order chi connectivity index (χ0) is 27.6. The van der Waals surface area contributed by atoms with Crippen molar-refractivity contribution < 1.29 is 28.8 Å². The number of aliphatic hydroxyl groups is 1. The SMILES string of the molecule is CC[C@@]1(O)C(=O)OCc2c1cc1n(c2=O)Cc2c-1nc1cc3c(cc1c2CNCc1ccc(OC)cc1)OCO3. The Morgan fingerprint density at radius 1 is 1.05 bits per heavy atom. The summed E-state index contributed by atoms with van der Waals surface area (Å²) in [5.41, 5.74) is 3.33. The average Bonchev–Trinajstić information content (AvgIpc) is 3.58. The lowest BCUT2D eigenvalue weighted by Crippen LogP contribution is -2.44. The summed E-state index contributed by atoms with van der Waals surface area (Å²) in [4.78, 5) is 31.2. The normalized spacial score (nSPS) is 18.3. The molecule has 204 valence electrons. The van der Waals surface area contributed by atoms with Crippen LogP contribution in [0, 0.1) is 0 Å². The van der Waals surface area contributed by atoms with E-state index in [9.17, 15) is 14.7 Å². The molecular formula is C30H27N3O7. The lowest BCUT2D eigenvalue weighted by atomic mass is 9.86. The van der Waals surface area contributed by atoms with Crippen molar-refractivity contribution in [2.75, 3.05) is 13.9 Å². The minimum Gasteiger partial charge on any atom is -0.497 e. The van der Waals surface area contributed by atoms with Crippen LogP contribution in [0.3, 0.4) is 0 Å². The van der Waals surface area contributed by atoms with Gasteiger partial charge in [0, 0.05) is 35.7 Å². The van der Waals surface area contributed by atoms with E-state index < -0.39 is 11.6 Å². The van der Waals surface area contributed by atoms with Crippen molar-refractivity contribution in [3.8, 4) is 28.6 Å². The van der Waals surface area contributed by atoms with Crippen LogP contribution in [-0.2, 0) is 41.4 Å². The quantitative estimate of drug-likeness (QED) is 0.312. The number of hydrogen-bond donors (Lipinski definition) is 2. The van der Waals surface area contributed by atoms with Crippen molar-refractivity contribution in [2.24, 2.45) is 0 Å². The number of carbonyl (C=O) groups excluding carboxylic acids is 1. The monoisotopic (exact) mass is 541 g/mol. The highest BCUT2D eigenvalue weighted by atomic mass is 16.7. The van der Waals surface area contributed by atoms with Crippen LogP contribution in [0.5, 0.6) is 17.2 Å². The van der Waals surface area contributed by atoms with E-state index >= 15 is 0 Å². The number of rotatable bonds is 6. The Labute approximate surface area is 229 Å². The number of methoxy groups -OCH3 is 1. The second-order valence-corrected chi connectivity index (χ2v) is 10.2. The van der Waals surface area contributed by atoms with Crippen molar-refractivity contribution >= 4 is 16.9 Å². The van der Waals surface area contributed by atoms with Gasteiger partial charge in [0.05, 0.1) is 36.1 Å². The number of aromatic nitrogens is 2. The van der Waals surface area contributed by atoms with Gasteiger partial charge in [0.15, 0.2) is 17.1 Å². The Hall–Kier alpha value is -4.41. The van der Waals surface area contributed by atoms with Crippen molar-refractivity contribution in [2.45, 2.75) is 45.2 Å². The van der Waals surface area contributed by atoms with Gasteiger partial charge in [0.25, 0.3) is 5.56 Å². The van der Waals surface area contributed by atoms with Gasteiger partial charge in [-0.2, -0.15) is 0 Å². The number of carbonyl (C=O) groups is 1. The fraction of sp³-hybridized carbons (Fsp3) is 0.300. The van der Waals surface area contributed by atoms with Gasteiger partial charge < -0.3 is 33.9 Å². The summed E-state index contributed by atoms with van der Waals surface area (Å²) in [7, 11) is 1.64. The second-order valence-electron chi connectivity index (χ2n) is 10.2. The van der Waals surface area contributed by atoms with Crippen LogP contribution in [0.1, 0.15) is 41.2 Å². The molecule has 5 heterocycles. The largest absolute Gasteiger partial charge is 0.497 e. The minimum atomic E-state index is -1.88. The number of cyclic esters (lactones) is 1. The van der Waals surface area contributed by atoms with E-state index in [4.69, 9.17) is 23.9 Å². The summed E-state index contributed by atoms with van der Waals surface area (Å²) in [6, 6.07) is 13.4. The van der Waals surface area contributed by atoms with Gasteiger partial charge in [-0.25, -0.2) is 9.78 Å². The van der Waals surface area contributed by atoms with Crippen LogP contribution in [0.25, 0.3) is 22.3 Å². The van der Waals surface area contributed by atoms with Crippen molar-refractivity contribution in [3.63, 3.8) is 0 Å². The third-order valence-corrected chi connectivity index (χ3v) is 8.09. The van der Waals surface area contributed by atoms with E-state index in [0.29, 0.717) is 59.2 Å². The van der Waals surface area contributed by atoms with E-state index in [1.807, 2.05) is 36.4 Å². The van der Waals surface area contributed by atoms with E-state index in [1.165, 1.54) is 0 Å². The molecule has 0 bridgehead atoms. The first kappa shape index (κ1) is 24.6. The molecule has 0 amide bonds. The first-order valence-electron chi connectivity index (χ1n) is 13.2. The lowest BCUT2D eigenvalue weighted by molar-refractivity contribution is -0.172. The molecule has 4 aromatic rings. The van der Waals surface area contributed by atoms with Crippen LogP contribution >= 0.6 is 0 Å². The van der Waals surface area contributed by atoms with E-state index in [1.54, 1.807) is 24.7 Å². The van der Waals surface area contributed by atoms with Gasteiger partial charge in [0.2, 0.25) is 6.79 Å². The summed E-state index contributed by atoms with van der Waals surface area (Å²) in [5.74, 6) is 1.32. The van der Waals surface area contributed by atoms with Gasteiger partial charge >= 0.3 is 5.97 Å². The van der Waals surface area contributed by atoms with Crippen molar-refractivity contribution in [1.29, 1.82) is 0 Å². The first-order chi connectivity index (χ1) is 19.4. The summed E-state index contributed by atoms with van der Waals surface area (Å²) in [5, 5.41) is 15.6. The number of nitrogens with zero attached hydrogens (tertiary/aromatic N) is 2. The predicted molar refractivity (Wildman–Crippen MR) is 144 cm³/mol. The third-order valence-electron chi connectivity index (χ3n) is 8.09. The average molecular weight is 542 g/mol. The van der Waals surface area contributed by atoms with Crippen LogP contribution in [0.4, 0.5) is 0 Å². The molecule has 0 fully saturated rings. The maximum absolute atomic E-state index is 13.7. The van der Waals surface area contributed by atoms with Gasteiger partial charge in [-0.1, -0.05) is 19.1 Å². The molecule has 2 aromatic heterocycles. The minimum absolute atomic E-state index is 0.0870. The van der Waals surface area contributed by atoms with Gasteiger partial charge in [-0.3, -0.25) is 4.79 Å². The molecule has 1 atom stereocenters. The number of fused-ring (bicyclic) bond motifs is 6. The van der Waals surface area contributed by atoms with E-state index in [2.05, 4.69) is 5.32 Å². The summed E-state index contributed by atoms with van der Waals surface area (Å²) in [6.07, 6.45) is 0.0870. The van der Waals surface area contributed by atoms with E-state index in [0.717, 1.165) is 27.8 Å². The topological polar surface area (TPSA) is 121 Å². The fourth-order valence-electron chi connectivity index (χ4n) is 5.83.